The summed E-state index contributed by atoms with van der Waals surface area (Å²) in [6.07, 6.45) is 0. The van der Waals surface area contributed by atoms with Crippen molar-refractivity contribution in [2.75, 3.05) is 12.4 Å². The van der Waals surface area contributed by atoms with E-state index in [1.807, 2.05) is 37.3 Å². The van der Waals surface area contributed by atoms with Gasteiger partial charge in [0.15, 0.2) is 0 Å². The van der Waals surface area contributed by atoms with Crippen LogP contribution in [0.3, 0.4) is 0 Å². The van der Waals surface area contributed by atoms with Crippen molar-refractivity contribution in [1.29, 1.82) is 0 Å². The molecule has 0 aliphatic carbocycles. The van der Waals surface area contributed by atoms with Crippen molar-refractivity contribution in [3.05, 3.63) is 59.1 Å². The quantitative estimate of drug-likeness (QED) is 0.745. The molecule has 0 bridgehead atoms. The third kappa shape index (κ3) is 4.55. The first-order valence-corrected chi connectivity index (χ1v) is 8.64. The summed E-state index contributed by atoms with van der Waals surface area (Å²) in [5.74, 6) is -0.347. The zero-order chi connectivity index (χ0) is 19.3. The molecule has 0 fully saturated rings. The summed E-state index contributed by atoms with van der Waals surface area (Å²) < 4.78 is 5.22. The molecule has 2 rings (SSSR count). The van der Waals surface area contributed by atoms with Crippen LogP contribution in [0.1, 0.15) is 32.4 Å². The molecule has 1 atom stereocenters. The number of amides is 2. The van der Waals surface area contributed by atoms with Crippen LogP contribution >= 0.6 is 11.6 Å². The summed E-state index contributed by atoms with van der Waals surface area (Å²) in [6, 6.07) is 14.3. The first-order valence-electron chi connectivity index (χ1n) is 8.26. The predicted molar refractivity (Wildman–Crippen MR) is 103 cm³/mol. The lowest BCUT2D eigenvalue weighted by Crippen LogP contribution is -2.45. The fraction of sp³-hybridized carbons (Fsp3) is 0.300. The van der Waals surface area contributed by atoms with E-state index in [2.05, 4.69) is 10.6 Å². The number of hydrogen-bond donors (Lipinski definition) is 2. The lowest BCUT2D eigenvalue weighted by molar-refractivity contribution is -0.138. The molecule has 0 heterocycles. The number of nitrogens with one attached hydrogen (secondary N) is 2. The van der Waals surface area contributed by atoms with Crippen molar-refractivity contribution in [2.45, 2.75) is 26.8 Å². The predicted octanol–water partition coefficient (Wildman–Crippen LogP) is 4.19. The molecule has 0 aromatic heterocycles. The SMILES string of the molecule is COc1ccc(Cl)cc1NC(=O)C(C)(C)C(=O)NC(C)c1ccccc1. The van der Waals surface area contributed by atoms with Crippen molar-refractivity contribution in [1.82, 2.24) is 5.32 Å². The van der Waals surface area contributed by atoms with Gasteiger partial charge in [0.05, 0.1) is 18.8 Å². The van der Waals surface area contributed by atoms with E-state index in [-0.39, 0.29) is 11.9 Å². The van der Waals surface area contributed by atoms with E-state index < -0.39 is 11.3 Å². The molecule has 5 nitrogen and oxygen atoms in total. The van der Waals surface area contributed by atoms with Crippen LogP contribution in [0.4, 0.5) is 5.69 Å². The van der Waals surface area contributed by atoms with Crippen LogP contribution in [0.2, 0.25) is 5.02 Å². The van der Waals surface area contributed by atoms with Gasteiger partial charge in [-0.1, -0.05) is 41.9 Å². The first kappa shape index (κ1) is 19.8. The number of rotatable bonds is 6. The number of hydrogen-bond acceptors (Lipinski definition) is 3. The molecular formula is C20H23ClN2O3. The molecule has 2 N–H and O–H groups in total. The third-order valence-corrected chi connectivity index (χ3v) is 4.43. The van der Waals surface area contributed by atoms with E-state index in [1.165, 1.54) is 7.11 Å². The minimum Gasteiger partial charge on any atom is -0.495 e. The first-order chi connectivity index (χ1) is 12.3. The maximum absolute atomic E-state index is 12.7. The van der Waals surface area contributed by atoms with Gasteiger partial charge in [0.25, 0.3) is 0 Å². The Kier molecular flexibility index (Phi) is 6.27. The maximum Gasteiger partial charge on any atom is 0.239 e. The number of carbonyl (C=O) groups is 2. The summed E-state index contributed by atoms with van der Waals surface area (Å²) in [5.41, 5.74) is 0.103. The van der Waals surface area contributed by atoms with E-state index in [1.54, 1.807) is 32.0 Å². The summed E-state index contributed by atoms with van der Waals surface area (Å²) in [7, 11) is 1.50. The minimum absolute atomic E-state index is 0.212. The fourth-order valence-electron chi connectivity index (χ4n) is 2.36. The average molecular weight is 375 g/mol. The Bertz CT molecular complexity index is 791. The van der Waals surface area contributed by atoms with Gasteiger partial charge in [-0.05, 0) is 44.5 Å². The van der Waals surface area contributed by atoms with Gasteiger partial charge in [-0.15, -0.1) is 0 Å². The summed E-state index contributed by atoms with van der Waals surface area (Å²) >= 11 is 5.98. The lowest BCUT2D eigenvalue weighted by Gasteiger charge is -2.25. The highest BCUT2D eigenvalue weighted by Crippen LogP contribution is 2.30. The van der Waals surface area contributed by atoms with Gasteiger partial charge in [-0.2, -0.15) is 0 Å². The summed E-state index contributed by atoms with van der Waals surface area (Å²) in [4.78, 5) is 25.4. The molecule has 138 valence electrons. The van der Waals surface area contributed by atoms with E-state index in [9.17, 15) is 9.59 Å². The van der Waals surface area contributed by atoms with Crippen LogP contribution in [0.25, 0.3) is 0 Å². The van der Waals surface area contributed by atoms with Crippen molar-refractivity contribution in [3.63, 3.8) is 0 Å². The van der Waals surface area contributed by atoms with Crippen LogP contribution in [-0.4, -0.2) is 18.9 Å². The third-order valence-electron chi connectivity index (χ3n) is 4.19. The van der Waals surface area contributed by atoms with Crippen molar-refractivity contribution >= 4 is 29.1 Å². The van der Waals surface area contributed by atoms with Gasteiger partial charge < -0.3 is 15.4 Å². The number of ether oxygens (including phenoxy) is 1. The Morgan fingerprint density at radius 2 is 1.73 bits per heavy atom. The van der Waals surface area contributed by atoms with E-state index in [4.69, 9.17) is 16.3 Å². The van der Waals surface area contributed by atoms with Gasteiger partial charge in [-0.3, -0.25) is 9.59 Å². The molecule has 6 heteroatoms. The molecular weight excluding hydrogens is 352 g/mol. The zero-order valence-corrected chi connectivity index (χ0v) is 16.1. The van der Waals surface area contributed by atoms with E-state index in [0.29, 0.717) is 16.5 Å². The number of anilines is 1. The molecule has 0 saturated carbocycles. The highest BCUT2D eigenvalue weighted by Gasteiger charge is 2.37. The summed E-state index contributed by atoms with van der Waals surface area (Å²) in [5, 5.41) is 6.07. The molecule has 0 aliphatic rings. The van der Waals surface area contributed by atoms with Gasteiger partial charge >= 0.3 is 0 Å². The molecule has 0 saturated heterocycles. The van der Waals surface area contributed by atoms with Crippen LogP contribution in [-0.2, 0) is 9.59 Å². The molecule has 0 radical (unpaired) electrons. The van der Waals surface area contributed by atoms with E-state index >= 15 is 0 Å². The molecule has 26 heavy (non-hydrogen) atoms. The van der Waals surface area contributed by atoms with Crippen molar-refractivity contribution in [2.24, 2.45) is 5.41 Å². The van der Waals surface area contributed by atoms with Crippen LogP contribution in [0.5, 0.6) is 5.75 Å². The Labute approximate surface area is 158 Å². The summed E-state index contributed by atoms with van der Waals surface area (Å²) in [6.45, 7) is 5.03. The molecule has 2 amide bonds. The second kappa shape index (κ2) is 8.23. The Morgan fingerprint density at radius 3 is 2.35 bits per heavy atom. The van der Waals surface area contributed by atoms with Gasteiger partial charge in [-0.25, -0.2) is 0 Å². The molecule has 2 aromatic carbocycles. The normalized spacial score (nSPS) is 12.2. The van der Waals surface area contributed by atoms with Gasteiger partial charge in [0.2, 0.25) is 11.8 Å². The zero-order valence-electron chi connectivity index (χ0n) is 15.3. The number of benzene rings is 2. The van der Waals surface area contributed by atoms with Crippen molar-refractivity contribution < 1.29 is 14.3 Å². The lowest BCUT2D eigenvalue weighted by atomic mass is 9.90. The maximum atomic E-state index is 12.7. The average Bonchev–Trinajstić information content (AvgIpc) is 2.62. The van der Waals surface area contributed by atoms with Crippen LogP contribution in [0.15, 0.2) is 48.5 Å². The second-order valence-electron chi connectivity index (χ2n) is 6.53. The Morgan fingerprint density at radius 1 is 1.08 bits per heavy atom. The molecule has 1 unspecified atom stereocenters. The van der Waals surface area contributed by atoms with Crippen LogP contribution in [0, 0.1) is 5.41 Å². The molecule has 0 aliphatic heterocycles. The van der Waals surface area contributed by atoms with Gasteiger partial charge in [0.1, 0.15) is 11.2 Å². The topological polar surface area (TPSA) is 67.4 Å². The van der Waals surface area contributed by atoms with Crippen molar-refractivity contribution in [3.8, 4) is 5.75 Å². The largest absolute Gasteiger partial charge is 0.495 e. The number of carbonyl (C=O) groups excluding carboxylic acids is 2. The molecule has 0 spiro atoms. The van der Waals surface area contributed by atoms with Gasteiger partial charge in [0, 0.05) is 5.02 Å². The molecule has 2 aromatic rings. The Balaban J connectivity index is 2.12. The minimum atomic E-state index is -1.28. The van der Waals surface area contributed by atoms with Crippen LogP contribution < -0.4 is 15.4 Å². The standard InChI is InChI=1S/C20H23ClN2O3/c1-13(14-8-6-5-7-9-14)22-18(24)20(2,3)19(25)23-16-12-15(21)10-11-17(16)26-4/h5-13H,1-4H3,(H,22,24)(H,23,25). The van der Waals surface area contributed by atoms with E-state index in [0.717, 1.165) is 5.56 Å². The highest BCUT2D eigenvalue weighted by atomic mass is 35.5. The smallest absolute Gasteiger partial charge is 0.239 e. The second-order valence-corrected chi connectivity index (χ2v) is 6.97. The monoisotopic (exact) mass is 374 g/mol. The fourth-order valence-corrected chi connectivity index (χ4v) is 2.53. The highest BCUT2D eigenvalue weighted by molar-refractivity contribution is 6.31. The Hall–Kier alpha value is -2.53. The number of halogens is 1. The number of methoxy groups -OCH3 is 1.